The van der Waals surface area contributed by atoms with Crippen LogP contribution in [0.25, 0.3) is 0 Å². The lowest BCUT2D eigenvalue weighted by atomic mass is 10.1. The molecule has 1 atom stereocenters. The molecule has 3 aromatic rings. The molecule has 0 N–H and O–H groups in total. The first-order valence-corrected chi connectivity index (χ1v) is 9.64. The molecule has 0 aliphatic rings. The number of aromatic nitrogens is 1. The zero-order valence-electron chi connectivity index (χ0n) is 16.5. The summed E-state index contributed by atoms with van der Waals surface area (Å²) in [6.45, 7) is 5.60. The van der Waals surface area contributed by atoms with Crippen LogP contribution in [0.3, 0.4) is 0 Å². The Hall–Kier alpha value is -2.92. The summed E-state index contributed by atoms with van der Waals surface area (Å²) in [7, 11) is 0. The second-order valence-electron chi connectivity index (χ2n) is 6.82. The van der Waals surface area contributed by atoms with Crippen LogP contribution in [0.15, 0.2) is 60.8 Å². The van der Waals surface area contributed by atoms with Gasteiger partial charge in [-0.25, -0.2) is 9.37 Å². The van der Waals surface area contributed by atoms with Crippen molar-refractivity contribution in [2.45, 2.75) is 33.4 Å². The summed E-state index contributed by atoms with van der Waals surface area (Å²) in [5.41, 5.74) is 2.44. The standard InChI is InChI=1S/C23H22ClFN2O2/c1-15-10-11-18(13-16(15)2)29-17(3)23(28)27(22-9-4-5-12-26-22)14-19-20(24)7-6-8-21(19)25/h4-13,17H,14H2,1-3H3. The molecule has 0 bridgehead atoms. The number of aryl methyl sites for hydroxylation is 2. The van der Waals surface area contributed by atoms with E-state index >= 15 is 0 Å². The van der Waals surface area contributed by atoms with Crippen molar-refractivity contribution < 1.29 is 13.9 Å². The summed E-state index contributed by atoms with van der Waals surface area (Å²) < 4.78 is 20.2. The molecular weight excluding hydrogens is 391 g/mol. The Morgan fingerprint density at radius 3 is 2.59 bits per heavy atom. The Morgan fingerprint density at radius 2 is 1.93 bits per heavy atom. The SMILES string of the molecule is Cc1ccc(OC(C)C(=O)N(Cc2c(F)cccc2Cl)c2ccccn2)cc1C. The Morgan fingerprint density at radius 1 is 1.14 bits per heavy atom. The summed E-state index contributed by atoms with van der Waals surface area (Å²) in [5, 5.41) is 0.251. The first kappa shape index (κ1) is 20.8. The van der Waals surface area contributed by atoms with Crippen molar-refractivity contribution in [3.63, 3.8) is 0 Å². The molecule has 1 aromatic heterocycles. The molecule has 0 aliphatic heterocycles. The zero-order chi connectivity index (χ0) is 21.0. The smallest absolute Gasteiger partial charge is 0.269 e. The lowest BCUT2D eigenvalue weighted by Crippen LogP contribution is -2.41. The third kappa shape index (κ3) is 4.93. The number of carbonyl (C=O) groups excluding carboxylic acids is 1. The van der Waals surface area contributed by atoms with E-state index in [0.29, 0.717) is 11.6 Å². The zero-order valence-corrected chi connectivity index (χ0v) is 17.3. The van der Waals surface area contributed by atoms with Crippen LogP contribution in [0.4, 0.5) is 10.2 Å². The van der Waals surface area contributed by atoms with E-state index in [9.17, 15) is 9.18 Å². The topological polar surface area (TPSA) is 42.4 Å². The maximum Gasteiger partial charge on any atom is 0.269 e. The van der Waals surface area contributed by atoms with E-state index in [1.54, 1.807) is 37.4 Å². The molecule has 1 amide bonds. The number of ether oxygens (including phenoxy) is 1. The molecular formula is C23H22ClFN2O2. The fraction of sp³-hybridized carbons (Fsp3) is 0.217. The highest BCUT2D eigenvalue weighted by Gasteiger charge is 2.26. The van der Waals surface area contributed by atoms with Crippen LogP contribution < -0.4 is 9.64 Å². The summed E-state index contributed by atoms with van der Waals surface area (Å²) in [6, 6.07) is 15.3. The molecule has 4 nitrogen and oxygen atoms in total. The molecule has 0 fully saturated rings. The van der Waals surface area contributed by atoms with Gasteiger partial charge in [0.15, 0.2) is 6.10 Å². The average Bonchev–Trinajstić information content (AvgIpc) is 2.71. The largest absolute Gasteiger partial charge is 0.481 e. The molecule has 0 radical (unpaired) electrons. The van der Waals surface area contributed by atoms with Crippen molar-refractivity contribution in [2.75, 3.05) is 4.90 Å². The number of benzene rings is 2. The van der Waals surface area contributed by atoms with Gasteiger partial charge in [0.05, 0.1) is 6.54 Å². The highest BCUT2D eigenvalue weighted by atomic mass is 35.5. The highest BCUT2D eigenvalue weighted by molar-refractivity contribution is 6.31. The quantitative estimate of drug-likeness (QED) is 0.537. The van der Waals surface area contributed by atoms with Gasteiger partial charge in [0, 0.05) is 16.8 Å². The van der Waals surface area contributed by atoms with Gasteiger partial charge in [0.25, 0.3) is 5.91 Å². The molecule has 3 rings (SSSR count). The van der Waals surface area contributed by atoms with Crippen molar-refractivity contribution in [1.29, 1.82) is 0 Å². The van der Waals surface area contributed by atoms with E-state index in [1.165, 1.54) is 17.0 Å². The molecule has 0 spiro atoms. The Bertz CT molecular complexity index is 991. The third-order valence-corrected chi connectivity index (χ3v) is 5.06. The second-order valence-corrected chi connectivity index (χ2v) is 7.23. The monoisotopic (exact) mass is 412 g/mol. The number of carbonyl (C=O) groups is 1. The second kappa shape index (κ2) is 9.05. The molecule has 2 aromatic carbocycles. The summed E-state index contributed by atoms with van der Waals surface area (Å²) in [4.78, 5) is 18.9. The maximum atomic E-state index is 14.3. The number of anilines is 1. The Labute approximate surface area is 174 Å². The number of amides is 1. The number of nitrogens with zero attached hydrogens (tertiary/aromatic N) is 2. The van der Waals surface area contributed by atoms with Gasteiger partial charge in [0.2, 0.25) is 0 Å². The fourth-order valence-electron chi connectivity index (χ4n) is 2.89. The maximum absolute atomic E-state index is 14.3. The molecule has 0 saturated heterocycles. The van der Waals surface area contributed by atoms with Gasteiger partial charge < -0.3 is 4.74 Å². The molecule has 29 heavy (non-hydrogen) atoms. The third-order valence-electron chi connectivity index (χ3n) is 4.71. The van der Waals surface area contributed by atoms with Gasteiger partial charge in [-0.15, -0.1) is 0 Å². The normalized spacial score (nSPS) is 11.8. The van der Waals surface area contributed by atoms with Crippen LogP contribution in [0.5, 0.6) is 5.75 Å². The number of hydrogen-bond acceptors (Lipinski definition) is 3. The lowest BCUT2D eigenvalue weighted by molar-refractivity contribution is -0.124. The number of pyridine rings is 1. The van der Waals surface area contributed by atoms with Gasteiger partial charge in [0.1, 0.15) is 17.4 Å². The van der Waals surface area contributed by atoms with Crippen LogP contribution in [-0.2, 0) is 11.3 Å². The van der Waals surface area contributed by atoms with Crippen LogP contribution in [-0.4, -0.2) is 17.0 Å². The fourth-order valence-corrected chi connectivity index (χ4v) is 3.11. The lowest BCUT2D eigenvalue weighted by Gasteiger charge is -2.26. The van der Waals surface area contributed by atoms with Gasteiger partial charge >= 0.3 is 0 Å². The van der Waals surface area contributed by atoms with E-state index < -0.39 is 11.9 Å². The Balaban J connectivity index is 1.89. The molecule has 6 heteroatoms. The van der Waals surface area contributed by atoms with Gasteiger partial charge in [-0.1, -0.05) is 29.8 Å². The summed E-state index contributed by atoms with van der Waals surface area (Å²) >= 11 is 6.18. The summed E-state index contributed by atoms with van der Waals surface area (Å²) in [6.07, 6.45) is 0.776. The van der Waals surface area contributed by atoms with Gasteiger partial charge in [-0.05, 0) is 68.3 Å². The Kier molecular flexibility index (Phi) is 6.49. The summed E-state index contributed by atoms with van der Waals surface area (Å²) in [5.74, 6) is 0.168. The highest BCUT2D eigenvalue weighted by Crippen LogP contribution is 2.25. The molecule has 0 aliphatic carbocycles. The van der Waals surface area contributed by atoms with Crippen molar-refractivity contribution in [2.24, 2.45) is 0 Å². The van der Waals surface area contributed by atoms with Crippen molar-refractivity contribution in [3.05, 3.63) is 88.3 Å². The van der Waals surface area contributed by atoms with E-state index in [2.05, 4.69) is 4.98 Å². The first-order valence-electron chi connectivity index (χ1n) is 9.26. The number of hydrogen-bond donors (Lipinski definition) is 0. The van der Waals surface area contributed by atoms with E-state index in [4.69, 9.17) is 16.3 Å². The number of rotatable bonds is 6. The van der Waals surface area contributed by atoms with Gasteiger partial charge in [-0.2, -0.15) is 0 Å². The minimum absolute atomic E-state index is 0.0536. The molecule has 0 saturated carbocycles. The minimum Gasteiger partial charge on any atom is -0.481 e. The van der Waals surface area contributed by atoms with Crippen molar-refractivity contribution >= 4 is 23.3 Å². The van der Waals surface area contributed by atoms with E-state index in [-0.39, 0.29) is 23.0 Å². The molecule has 1 heterocycles. The average molecular weight is 413 g/mol. The predicted molar refractivity (Wildman–Crippen MR) is 113 cm³/mol. The van der Waals surface area contributed by atoms with Crippen LogP contribution >= 0.6 is 11.6 Å². The predicted octanol–water partition coefficient (Wildman–Crippen LogP) is 5.49. The van der Waals surface area contributed by atoms with Crippen molar-refractivity contribution in [3.8, 4) is 5.75 Å². The first-order chi connectivity index (χ1) is 13.9. The van der Waals surface area contributed by atoms with Crippen molar-refractivity contribution in [1.82, 2.24) is 4.98 Å². The molecule has 1 unspecified atom stereocenters. The van der Waals surface area contributed by atoms with E-state index in [1.807, 2.05) is 32.0 Å². The van der Waals surface area contributed by atoms with Crippen LogP contribution in [0, 0.1) is 19.7 Å². The van der Waals surface area contributed by atoms with Gasteiger partial charge in [-0.3, -0.25) is 9.69 Å². The minimum atomic E-state index is -0.801. The van der Waals surface area contributed by atoms with E-state index in [0.717, 1.165) is 11.1 Å². The van der Waals surface area contributed by atoms with Crippen LogP contribution in [0.1, 0.15) is 23.6 Å². The molecule has 150 valence electrons. The number of halogens is 2. The van der Waals surface area contributed by atoms with Crippen LogP contribution in [0.2, 0.25) is 5.02 Å².